The van der Waals surface area contributed by atoms with Crippen LogP contribution in [0.2, 0.25) is 0 Å². The van der Waals surface area contributed by atoms with Crippen LogP contribution in [0.4, 0.5) is 4.79 Å². The quantitative estimate of drug-likeness (QED) is 0.685. The molecule has 1 amide bonds. The third kappa shape index (κ3) is 5.32. The third-order valence-electron chi connectivity index (χ3n) is 5.30. The zero-order valence-corrected chi connectivity index (χ0v) is 18.4. The van der Waals surface area contributed by atoms with E-state index in [0.29, 0.717) is 32.6 Å². The molecular weight excluding hydrogens is 462 g/mol. The van der Waals surface area contributed by atoms with Crippen LogP contribution in [0.25, 0.3) is 0 Å². The van der Waals surface area contributed by atoms with Gasteiger partial charge in [-0.05, 0) is 41.0 Å². The number of halogens is 1. The summed E-state index contributed by atoms with van der Waals surface area (Å²) in [4.78, 5) is 31.9. The number of carboxylic acids is 1. The van der Waals surface area contributed by atoms with E-state index in [0.717, 1.165) is 26.9 Å². The van der Waals surface area contributed by atoms with Gasteiger partial charge in [0.15, 0.2) is 0 Å². The molecule has 4 rings (SSSR count). The number of hydrogen-bond donors (Lipinski definition) is 1. The summed E-state index contributed by atoms with van der Waals surface area (Å²) in [6.45, 7) is 2.63. The minimum atomic E-state index is -0.935. The van der Waals surface area contributed by atoms with Gasteiger partial charge in [0.05, 0.1) is 11.9 Å². The number of benzene rings is 2. The SMILES string of the molecule is O=C(O)c1ccc(CN2C=NC3=C(C2)CN(C(=O)OCc2ccc(Br)cc2)CC3)cc1. The van der Waals surface area contributed by atoms with E-state index in [4.69, 9.17) is 9.84 Å². The van der Waals surface area contributed by atoms with Crippen LogP contribution in [0.15, 0.2) is 69.3 Å². The van der Waals surface area contributed by atoms with Gasteiger partial charge in [0.25, 0.3) is 0 Å². The van der Waals surface area contributed by atoms with Crippen LogP contribution in [0, 0.1) is 0 Å². The van der Waals surface area contributed by atoms with E-state index >= 15 is 0 Å². The van der Waals surface area contributed by atoms with Gasteiger partial charge in [-0.1, -0.05) is 40.2 Å². The second kappa shape index (κ2) is 9.34. The van der Waals surface area contributed by atoms with Crippen LogP contribution in [-0.2, 0) is 17.9 Å². The average Bonchev–Trinajstić information content (AvgIpc) is 2.78. The summed E-state index contributed by atoms with van der Waals surface area (Å²) in [6, 6.07) is 14.5. The number of carboxylic acid groups (broad SMARTS) is 1. The lowest BCUT2D eigenvalue weighted by atomic mass is 10.0. The molecule has 2 aromatic carbocycles. The first-order chi connectivity index (χ1) is 15.0. The van der Waals surface area contributed by atoms with Crippen molar-refractivity contribution in [2.24, 2.45) is 4.99 Å². The van der Waals surface area contributed by atoms with E-state index in [9.17, 15) is 9.59 Å². The Morgan fingerprint density at radius 3 is 2.45 bits per heavy atom. The second-order valence-corrected chi connectivity index (χ2v) is 8.47. The first kappa shape index (κ1) is 21.1. The monoisotopic (exact) mass is 483 g/mol. The molecule has 0 aliphatic carbocycles. The lowest BCUT2D eigenvalue weighted by Gasteiger charge is -2.34. The van der Waals surface area contributed by atoms with Crippen LogP contribution in [0.3, 0.4) is 0 Å². The van der Waals surface area contributed by atoms with Gasteiger partial charge >= 0.3 is 12.1 Å². The third-order valence-corrected chi connectivity index (χ3v) is 5.83. The summed E-state index contributed by atoms with van der Waals surface area (Å²) < 4.78 is 6.47. The molecule has 0 saturated heterocycles. The van der Waals surface area contributed by atoms with Gasteiger partial charge < -0.3 is 19.6 Å². The van der Waals surface area contributed by atoms with Crippen LogP contribution in [-0.4, -0.2) is 52.9 Å². The smallest absolute Gasteiger partial charge is 0.410 e. The van der Waals surface area contributed by atoms with Crippen molar-refractivity contribution in [3.63, 3.8) is 0 Å². The number of amides is 1. The summed E-state index contributed by atoms with van der Waals surface area (Å²) in [5.74, 6) is -0.935. The number of rotatable bonds is 5. The average molecular weight is 484 g/mol. The Morgan fingerprint density at radius 1 is 1.03 bits per heavy atom. The maximum atomic E-state index is 12.5. The Bertz CT molecular complexity index is 1030. The summed E-state index contributed by atoms with van der Waals surface area (Å²) in [5, 5.41) is 9.03. The van der Waals surface area contributed by atoms with Gasteiger partial charge in [-0.3, -0.25) is 0 Å². The maximum absolute atomic E-state index is 12.5. The molecule has 1 N–H and O–H groups in total. The van der Waals surface area contributed by atoms with Gasteiger partial charge in [-0.2, -0.15) is 0 Å². The van der Waals surface area contributed by atoms with Crippen molar-refractivity contribution in [2.75, 3.05) is 19.6 Å². The number of aliphatic imine (C=N–C) groups is 1. The second-order valence-electron chi connectivity index (χ2n) is 7.55. The van der Waals surface area contributed by atoms with E-state index in [1.807, 2.05) is 42.7 Å². The molecule has 0 spiro atoms. The lowest BCUT2D eigenvalue weighted by Crippen LogP contribution is -2.41. The number of aromatic carboxylic acids is 1. The summed E-state index contributed by atoms with van der Waals surface area (Å²) in [6.07, 6.45) is 2.21. The fraction of sp³-hybridized carbons (Fsp3) is 0.261. The van der Waals surface area contributed by atoms with E-state index in [2.05, 4.69) is 25.8 Å². The molecule has 8 heteroatoms. The molecule has 2 aliphatic heterocycles. The standard InChI is InChI=1S/C23H22BrN3O4/c24-20-7-3-17(4-8-20)14-31-23(30)27-10-9-21-19(13-27)12-26(15-25-21)11-16-1-5-18(6-2-16)22(28)29/h1-8,15H,9-14H2,(H,28,29). The molecule has 0 bridgehead atoms. The highest BCUT2D eigenvalue weighted by atomic mass is 79.9. The molecule has 31 heavy (non-hydrogen) atoms. The molecule has 2 aromatic rings. The van der Waals surface area contributed by atoms with Gasteiger partial charge in [0, 0.05) is 42.8 Å². The number of carbonyl (C=O) groups is 2. The summed E-state index contributed by atoms with van der Waals surface area (Å²) in [7, 11) is 0. The number of carbonyl (C=O) groups excluding carboxylic acids is 1. The van der Waals surface area contributed by atoms with E-state index in [-0.39, 0.29) is 18.3 Å². The minimum Gasteiger partial charge on any atom is -0.478 e. The minimum absolute atomic E-state index is 0.241. The Labute approximate surface area is 188 Å². The van der Waals surface area contributed by atoms with E-state index in [1.54, 1.807) is 17.0 Å². The number of hydrogen-bond acceptors (Lipinski definition) is 5. The van der Waals surface area contributed by atoms with Crippen LogP contribution in [0.5, 0.6) is 0 Å². The highest BCUT2D eigenvalue weighted by molar-refractivity contribution is 9.10. The zero-order chi connectivity index (χ0) is 21.8. The molecule has 2 aliphatic rings. The first-order valence-corrected chi connectivity index (χ1v) is 10.7. The number of nitrogens with zero attached hydrogens (tertiary/aromatic N) is 3. The van der Waals surface area contributed by atoms with Gasteiger partial charge in [-0.25, -0.2) is 14.6 Å². The lowest BCUT2D eigenvalue weighted by molar-refractivity contribution is 0.0696. The van der Waals surface area contributed by atoms with Crippen molar-refractivity contribution < 1.29 is 19.4 Å². The topological polar surface area (TPSA) is 82.4 Å². The first-order valence-electron chi connectivity index (χ1n) is 9.95. The van der Waals surface area contributed by atoms with Crippen LogP contribution >= 0.6 is 15.9 Å². The summed E-state index contributed by atoms with van der Waals surface area (Å²) in [5.41, 5.74) is 4.36. The van der Waals surface area contributed by atoms with Crippen LogP contribution < -0.4 is 0 Å². The van der Waals surface area contributed by atoms with Gasteiger partial charge in [0.1, 0.15) is 6.61 Å². The van der Waals surface area contributed by atoms with Crippen molar-refractivity contribution in [1.82, 2.24) is 9.80 Å². The molecule has 0 radical (unpaired) electrons. The fourth-order valence-corrected chi connectivity index (χ4v) is 3.87. The Morgan fingerprint density at radius 2 is 1.74 bits per heavy atom. The molecule has 0 aromatic heterocycles. The van der Waals surface area contributed by atoms with Crippen LogP contribution in [0.1, 0.15) is 27.9 Å². The van der Waals surface area contributed by atoms with Gasteiger partial charge in [0.2, 0.25) is 0 Å². The molecule has 7 nitrogen and oxygen atoms in total. The normalized spacial score (nSPS) is 15.6. The highest BCUT2D eigenvalue weighted by Crippen LogP contribution is 2.24. The Kier molecular flexibility index (Phi) is 6.36. The van der Waals surface area contributed by atoms with E-state index < -0.39 is 5.97 Å². The predicted molar refractivity (Wildman–Crippen MR) is 120 cm³/mol. The molecule has 0 fully saturated rings. The van der Waals surface area contributed by atoms with E-state index in [1.165, 1.54) is 0 Å². The highest BCUT2D eigenvalue weighted by Gasteiger charge is 2.26. The largest absolute Gasteiger partial charge is 0.478 e. The number of ether oxygens (including phenoxy) is 1. The molecule has 2 heterocycles. The fourth-order valence-electron chi connectivity index (χ4n) is 3.61. The van der Waals surface area contributed by atoms with Gasteiger partial charge in [-0.15, -0.1) is 0 Å². The molecule has 0 unspecified atom stereocenters. The molecule has 0 saturated carbocycles. The van der Waals surface area contributed by atoms with Crippen molar-refractivity contribution in [3.05, 3.63) is 81.0 Å². The summed E-state index contributed by atoms with van der Waals surface area (Å²) >= 11 is 3.39. The van der Waals surface area contributed by atoms with Crippen molar-refractivity contribution in [3.8, 4) is 0 Å². The Balaban J connectivity index is 1.32. The Hall–Kier alpha value is -3.13. The predicted octanol–water partition coefficient (Wildman–Crippen LogP) is 4.29. The van der Waals surface area contributed by atoms with Crippen molar-refractivity contribution in [2.45, 2.75) is 19.6 Å². The molecular formula is C23H22BrN3O4. The van der Waals surface area contributed by atoms with Crippen molar-refractivity contribution >= 4 is 34.3 Å². The van der Waals surface area contributed by atoms with Crippen molar-refractivity contribution in [1.29, 1.82) is 0 Å². The molecule has 0 atom stereocenters. The maximum Gasteiger partial charge on any atom is 0.410 e. The zero-order valence-electron chi connectivity index (χ0n) is 16.8. The molecule has 160 valence electrons.